The molecule has 178 valence electrons. The molecule has 0 aliphatic carbocycles. The molecule has 0 aromatic heterocycles. The smallest absolute Gasteiger partial charge is 0.243 e. The van der Waals surface area contributed by atoms with E-state index in [0.717, 1.165) is 34.2 Å². The average Bonchev–Trinajstić information content (AvgIpc) is 2.83. The molecule has 0 bridgehead atoms. The number of hydrogen-bond acceptors (Lipinski definition) is 2. The summed E-state index contributed by atoms with van der Waals surface area (Å²) in [5.74, 6) is -0.158. The van der Waals surface area contributed by atoms with Gasteiger partial charge in [0, 0.05) is 19.0 Å². The summed E-state index contributed by atoms with van der Waals surface area (Å²) in [5, 5.41) is 3.12. The van der Waals surface area contributed by atoms with Gasteiger partial charge in [-0.3, -0.25) is 9.59 Å². The van der Waals surface area contributed by atoms with Gasteiger partial charge in [0.05, 0.1) is 6.42 Å². The van der Waals surface area contributed by atoms with Crippen LogP contribution in [0.2, 0.25) is 0 Å². The molecular formula is C30H36N2O2. The van der Waals surface area contributed by atoms with Crippen molar-refractivity contribution >= 4 is 11.8 Å². The largest absolute Gasteiger partial charge is 0.352 e. The van der Waals surface area contributed by atoms with Crippen LogP contribution in [-0.2, 0) is 29.0 Å². The van der Waals surface area contributed by atoms with Gasteiger partial charge < -0.3 is 10.2 Å². The molecule has 0 spiro atoms. The number of amides is 2. The molecule has 0 radical (unpaired) electrons. The summed E-state index contributed by atoms with van der Waals surface area (Å²) in [5.41, 5.74) is 5.28. The van der Waals surface area contributed by atoms with Crippen molar-refractivity contribution in [2.45, 2.75) is 65.6 Å². The molecule has 0 fully saturated rings. The van der Waals surface area contributed by atoms with Crippen LogP contribution in [0, 0.1) is 13.8 Å². The van der Waals surface area contributed by atoms with E-state index in [2.05, 4.69) is 5.32 Å². The number of benzene rings is 3. The van der Waals surface area contributed by atoms with E-state index >= 15 is 0 Å². The third kappa shape index (κ3) is 7.31. The van der Waals surface area contributed by atoms with Gasteiger partial charge in [0.25, 0.3) is 0 Å². The number of nitrogens with zero attached hydrogens (tertiary/aromatic N) is 1. The first-order chi connectivity index (χ1) is 16.4. The maximum Gasteiger partial charge on any atom is 0.243 e. The van der Waals surface area contributed by atoms with E-state index < -0.39 is 6.04 Å². The van der Waals surface area contributed by atoms with Gasteiger partial charge in [0.2, 0.25) is 11.8 Å². The van der Waals surface area contributed by atoms with E-state index in [0.29, 0.717) is 13.0 Å². The summed E-state index contributed by atoms with van der Waals surface area (Å²) in [6.07, 6.45) is 1.56. The summed E-state index contributed by atoms with van der Waals surface area (Å²) in [4.78, 5) is 29.0. The third-order valence-corrected chi connectivity index (χ3v) is 6.18. The van der Waals surface area contributed by atoms with Crippen LogP contribution in [0.3, 0.4) is 0 Å². The van der Waals surface area contributed by atoms with Crippen molar-refractivity contribution in [1.29, 1.82) is 0 Å². The molecule has 0 unspecified atom stereocenters. The number of carbonyl (C=O) groups excluding carboxylic acids is 2. The van der Waals surface area contributed by atoms with E-state index in [1.807, 2.05) is 107 Å². The Morgan fingerprint density at radius 2 is 1.50 bits per heavy atom. The fourth-order valence-electron chi connectivity index (χ4n) is 3.98. The third-order valence-electron chi connectivity index (χ3n) is 6.18. The zero-order chi connectivity index (χ0) is 24.5. The number of rotatable bonds is 10. The first kappa shape index (κ1) is 25.2. The van der Waals surface area contributed by atoms with Crippen molar-refractivity contribution in [3.8, 4) is 0 Å². The quantitative estimate of drug-likeness (QED) is 0.444. The zero-order valence-corrected chi connectivity index (χ0v) is 20.8. The van der Waals surface area contributed by atoms with Crippen LogP contribution in [-0.4, -0.2) is 28.8 Å². The normalized spacial score (nSPS) is 12.6. The van der Waals surface area contributed by atoms with Gasteiger partial charge in [-0.25, -0.2) is 0 Å². The molecule has 0 saturated carbocycles. The highest BCUT2D eigenvalue weighted by atomic mass is 16.2. The maximum absolute atomic E-state index is 13.7. The van der Waals surface area contributed by atoms with Crippen LogP contribution in [0.1, 0.15) is 48.1 Å². The highest BCUT2D eigenvalue weighted by molar-refractivity contribution is 5.89. The molecule has 2 atom stereocenters. The average molecular weight is 457 g/mol. The molecule has 34 heavy (non-hydrogen) atoms. The molecule has 4 heteroatoms. The van der Waals surface area contributed by atoms with Gasteiger partial charge in [0.15, 0.2) is 0 Å². The predicted molar refractivity (Wildman–Crippen MR) is 138 cm³/mol. The molecule has 1 N–H and O–H groups in total. The SMILES string of the molecule is CC[C@H](C)NC(=O)[C@H](Cc1ccccc1)N(Cc1ccc(C)cc1)C(=O)Cc1cccc(C)c1. The van der Waals surface area contributed by atoms with Crippen LogP contribution in [0.4, 0.5) is 0 Å². The molecule has 4 nitrogen and oxygen atoms in total. The molecule has 2 amide bonds. The number of carbonyl (C=O) groups is 2. The lowest BCUT2D eigenvalue weighted by molar-refractivity contribution is -0.141. The Balaban J connectivity index is 1.96. The lowest BCUT2D eigenvalue weighted by Gasteiger charge is -2.32. The van der Waals surface area contributed by atoms with Gasteiger partial charge in [-0.15, -0.1) is 0 Å². The van der Waals surface area contributed by atoms with Crippen molar-refractivity contribution < 1.29 is 9.59 Å². The summed E-state index contributed by atoms with van der Waals surface area (Å²) in [6.45, 7) is 8.49. The van der Waals surface area contributed by atoms with Crippen LogP contribution >= 0.6 is 0 Å². The van der Waals surface area contributed by atoms with E-state index in [4.69, 9.17) is 0 Å². The molecular weight excluding hydrogens is 420 g/mol. The van der Waals surface area contributed by atoms with Gasteiger partial charge in [-0.05, 0) is 43.9 Å². The maximum atomic E-state index is 13.7. The lowest BCUT2D eigenvalue weighted by atomic mass is 10.0. The lowest BCUT2D eigenvalue weighted by Crippen LogP contribution is -2.52. The van der Waals surface area contributed by atoms with Crippen molar-refractivity contribution in [3.05, 3.63) is 107 Å². The molecule has 3 aromatic carbocycles. The standard InChI is InChI=1S/C30H36N2O2/c1-5-24(4)31-30(34)28(19-25-11-7-6-8-12-25)32(21-26-16-14-22(2)15-17-26)29(33)20-27-13-9-10-23(3)18-27/h6-18,24,28H,5,19-21H2,1-4H3,(H,31,34)/t24-,28-/m0/s1. The topological polar surface area (TPSA) is 49.4 Å². The second kappa shape index (κ2) is 12.2. The van der Waals surface area contributed by atoms with Gasteiger partial charge >= 0.3 is 0 Å². The van der Waals surface area contributed by atoms with Crippen LogP contribution < -0.4 is 5.32 Å². The highest BCUT2D eigenvalue weighted by Gasteiger charge is 2.31. The van der Waals surface area contributed by atoms with Crippen molar-refractivity contribution in [3.63, 3.8) is 0 Å². The number of aryl methyl sites for hydroxylation is 2. The Labute approximate surface area is 204 Å². The van der Waals surface area contributed by atoms with E-state index in [9.17, 15) is 9.59 Å². The van der Waals surface area contributed by atoms with Gasteiger partial charge in [0.1, 0.15) is 6.04 Å². The van der Waals surface area contributed by atoms with E-state index in [-0.39, 0.29) is 24.3 Å². The minimum atomic E-state index is -0.602. The van der Waals surface area contributed by atoms with Gasteiger partial charge in [-0.2, -0.15) is 0 Å². The second-order valence-corrected chi connectivity index (χ2v) is 9.20. The summed E-state index contributed by atoms with van der Waals surface area (Å²) < 4.78 is 0. The first-order valence-corrected chi connectivity index (χ1v) is 12.1. The van der Waals surface area contributed by atoms with Crippen molar-refractivity contribution in [2.75, 3.05) is 0 Å². The minimum absolute atomic E-state index is 0.0406. The minimum Gasteiger partial charge on any atom is -0.352 e. The van der Waals surface area contributed by atoms with E-state index in [1.54, 1.807) is 4.90 Å². The number of nitrogens with one attached hydrogen (secondary N) is 1. The van der Waals surface area contributed by atoms with Crippen LogP contribution in [0.15, 0.2) is 78.9 Å². The van der Waals surface area contributed by atoms with Crippen LogP contribution in [0.5, 0.6) is 0 Å². The fraction of sp³-hybridized carbons (Fsp3) is 0.333. The van der Waals surface area contributed by atoms with Crippen molar-refractivity contribution in [2.24, 2.45) is 0 Å². The summed E-state index contributed by atoms with van der Waals surface area (Å²) in [6, 6.07) is 25.5. The zero-order valence-electron chi connectivity index (χ0n) is 20.8. The first-order valence-electron chi connectivity index (χ1n) is 12.1. The van der Waals surface area contributed by atoms with Gasteiger partial charge in [-0.1, -0.05) is 96.9 Å². The molecule has 0 saturated heterocycles. The fourth-order valence-corrected chi connectivity index (χ4v) is 3.98. The molecule has 0 aliphatic rings. The summed E-state index contributed by atoms with van der Waals surface area (Å²) >= 11 is 0. The monoisotopic (exact) mass is 456 g/mol. The van der Waals surface area contributed by atoms with Crippen molar-refractivity contribution in [1.82, 2.24) is 10.2 Å². The Hall–Kier alpha value is -3.40. The predicted octanol–water partition coefficient (Wildman–Crippen LogP) is 5.40. The highest BCUT2D eigenvalue weighted by Crippen LogP contribution is 2.18. The Morgan fingerprint density at radius 1 is 0.824 bits per heavy atom. The second-order valence-electron chi connectivity index (χ2n) is 9.20. The Kier molecular flexibility index (Phi) is 9.03. The molecule has 0 aliphatic heterocycles. The molecule has 0 heterocycles. The van der Waals surface area contributed by atoms with Crippen LogP contribution in [0.25, 0.3) is 0 Å². The number of hydrogen-bond donors (Lipinski definition) is 1. The Bertz CT molecular complexity index is 1080. The van der Waals surface area contributed by atoms with E-state index in [1.165, 1.54) is 0 Å². The summed E-state index contributed by atoms with van der Waals surface area (Å²) in [7, 11) is 0. The molecule has 3 aromatic rings. The Morgan fingerprint density at radius 3 is 2.15 bits per heavy atom. The molecule has 3 rings (SSSR count).